The molecule has 0 fully saturated rings. The molecule has 0 aliphatic rings. The van der Waals surface area contributed by atoms with Crippen LogP contribution in [0.25, 0.3) is 0 Å². The van der Waals surface area contributed by atoms with E-state index in [0.29, 0.717) is 4.47 Å². The van der Waals surface area contributed by atoms with Crippen LogP contribution in [-0.4, -0.2) is 13.7 Å². The molecule has 0 amide bonds. The van der Waals surface area contributed by atoms with Crippen molar-refractivity contribution in [2.75, 3.05) is 13.7 Å². The van der Waals surface area contributed by atoms with E-state index >= 15 is 0 Å². The van der Waals surface area contributed by atoms with Crippen LogP contribution < -0.4 is 10.5 Å². The molecule has 0 aliphatic carbocycles. The number of alkyl halides is 2. The highest BCUT2D eigenvalue weighted by Gasteiger charge is 2.35. The minimum atomic E-state index is -2.97. The van der Waals surface area contributed by atoms with Gasteiger partial charge in [0.25, 0.3) is 5.92 Å². The Labute approximate surface area is 95.5 Å². The lowest BCUT2D eigenvalue weighted by atomic mass is 10.0. The Bertz CT molecular complexity index is 344. The van der Waals surface area contributed by atoms with Crippen molar-refractivity contribution in [1.82, 2.24) is 0 Å². The minimum absolute atomic E-state index is 0.0719. The average molecular weight is 280 g/mol. The lowest BCUT2D eigenvalue weighted by Gasteiger charge is -2.20. The van der Waals surface area contributed by atoms with Crippen molar-refractivity contribution in [3.05, 3.63) is 28.2 Å². The Morgan fingerprint density at radius 1 is 1.47 bits per heavy atom. The van der Waals surface area contributed by atoms with Crippen LogP contribution in [0, 0.1) is 0 Å². The van der Waals surface area contributed by atoms with Crippen LogP contribution in [0.4, 0.5) is 8.78 Å². The van der Waals surface area contributed by atoms with E-state index in [2.05, 4.69) is 15.9 Å². The molecular formula is C10H12BrF2NO. The quantitative estimate of drug-likeness (QED) is 0.920. The Morgan fingerprint density at radius 2 is 2.13 bits per heavy atom. The van der Waals surface area contributed by atoms with E-state index in [1.165, 1.54) is 13.2 Å². The standard InChI is InChI=1S/C10H12BrF2NO/c1-15-8-4-2-3-7(11)9(8)10(12,13)5-6-14/h2-4H,5-6,14H2,1H3. The van der Waals surface area contributed by atoms with Gasteiger partial charge in [-0.3, -0.25) is 0 Å². The van der Waals surface area contributed by atoms with E-state index in [9.17, 15) is 8.78 Å². The second-order valence-electron chi connectivity index (χ2n) is 3.06. The third kappa shape index (κ3) is 2.66. The van der Waals surface area contributed by atoms with Gasteiger partial charge in [0.1, 0.15) is 5.75 Å². The third-order valence-electron chi connectivity index (χ3n) is 2.02. The molecule has 0 bridgehead atoms. The Hall–Kier alpha value is -0.680. The van der Waals surface area contributed by atoms with Crippen LogP contribution >= 0.6 is 15.9 Å². The van der Waals surface area contributed by atoms with Crippen molar-refractivity contribution >= 4 is 15.9 Å². The lowest BCUT2D eigenvalue weighted by molar-refractivity contribution is -0.0135. The highest BCUT2D eigenvalue weighted by atomic mass is 79.9. The second kappa shape index (κ2) is 4.90. The number of hydrogen-bond donors (Lipinski definition) is 1. The summed E-state index contributed by atoms with van der Waals surface area (Å²) < 4.78 is 32.6. The van der Waals surface area contributed by atoms with Gasteiger partial charge < -0.3 is 10.5 Å². The molecule has 1 aromatic rings. The summed E-state index contributed by atoms with van der Waals surface area (Å²) in [5.74, 6) is -2.80. The predicted molar refractivity (Wildman–Crippen MR) is 58.3 cm³/mol. The van der Waals surface area contributed by atoms with Crippen molar-refractivity contribution in [3.63, 3.8) is 0 Å². The van der Waals surface area contributed by atoms with Gasteiger partial charge in [-0.1, -0.05) is 22.0 Å². The topological polar surface area (TPSA) is 35.2 Å². The number of methoxy groups -OCH3 is 1. The molecule has 0 aromatic heterocycles. The third-order valence-corrected chi connectivity index (χ3v) is 2.68. The first kappa shape index (κ1) is 12.4. The summed E-state index contributed by atoms with van der Waals surface area (Å²) in [6, 6.07) is 4.71. The Kier molecular flexibility index (Phi) is 4.04. The lowest BCUT2D eigenvalue weighted by Crippen LogP contribution is -2.20. The van der Waals surface area contributed by atoms with Crippen molar-refractivity contribution in [2.45, 2.75) is 12.3 Å². The van der Waals surface area contributed by atoms with Crippen LogP contribution in [0.1, 0.15) is 12.0 Å². The van der Waals surface area contributed by atoms with Crippen LogP contribution in [-0.2, 0) is 5.92 Å². The zero-order valence-electron chi connectivity index (χ0n) is 8.27. The number of halogens is 3. The maximum absolute atomic E-state index is 13.7. The Morgan fingerprint density at radius 3 is 2.67 bits per heavy atom. The normalized spacial score (nSPS) is 11.5. The molecule has 2 N–H and O–H groups in total. The number of nitrogens with two attached hydrogens (primary N) is 1. The Balaban J connectivity index is 3.21. The number of benzene rings is 1. The number of rotatable bonds is 4. The highest BCUT2D eigenvalue weighted by molar-refractivity contribution is 9.10. The van der Waals surface area contributed by atoms with Crippen LogP contribution in [0.5, 0.6) is 5.75 Å². The summed E-state index contributed by atoms with van der Waals surface area (Å²) in [6.45, 7) is -0.0719. The molecule has 1 rings (SSSR count). The van der Waals surface area contributed by atoms with E-state index in [4.69, 9.17) is 10.5 Å². The molecule has 84 valence electrons. The van der Waals surface area contributed by atoms with Crippen molar-refractivity contribution < 1.29 is 13.5 Å². The fourth-order valence-corrected chi connectivity index (χ4v) is 1.97. The molecule has 5 heteroatoms. The molecule has 15 heavy (non-hydrogen) atoms. The van der Waals surface area contributed by atoms with Gasteiger partial charge in [0.05, 0.1) is 12.7 Å². The van der Waals surface area contributed by atoms with Crippen molar-refractivity contribution in [2.24, 2.45) is 5.73 Å². The summed E-state index contributed by atoms with van der Waals surface area (Å²) >= 11 is 3.09. The largest absolute Gasteiger partial charge is 0.496 e. The van der Waals surface area contributed by atoms with Crippen LogP contribution in [0.2, 0.25) is 0 Å². The fourth-order valence-electron chi connectivity index (χ4n) is 1.34. The summed E-state index contributed by atoms with van der Waals surface area (Å²) in [4.78, 5) is 0. The summed E-state index contributed by atoms with van der Waals surface area (Å²) in [6.07, 6.45) is -0.397. The zero-order chi connectivity index (χ0) is 11.5. The van der Waals surface area contributed by atoms with Gasteiger partial charge in [-0.2, -0.15) is 0 Å². The molecular weight excluding hydrogens is 268 g/mol. The molecule has 0 unspecified atom stereocenters. The van der Waals surface area contributed by atoms with E-state index in [1.807, 2.05) is 0 Å². The number of ether oxygens (including phenoxy) is 1. The minimum Gasteiger partial charge on any atom is -0.496 e. The first-order valence-corrected chi connectivity index (χ1v) is 5.23. The van der Waals surface area contributed by atoms with Gasteiger partial charge in [-0.05, 0) is 18.7 Å². The molecule has 0 atom stereocenters. The van der Waals surface area contributed by atoms with Gasteiger partial charge in [-0.25, -0.2) is 8.78 Å². The van der Waals surface area contributed by atoms with Gasteiger partial charge in [-0.15, -0.1) is 0 Å². The van der Waals surface area contributed by atoms with Gasteiger partial charge in [0.2, 0.25) is 0 Å². The molecule has 2 nitrogen and oxygen atoms in total. The second-order valence-corrected chi connectivity index (χ2v) is 3.91. The van der Waals surface area contributed by atoms with Crippen molar-refractivity contribution in [3.8, 4) is 5.75 Å². The molecule has 0 radical (unpaired) electrons. The summed E-state index contributed by atoms with van der Waals surface area (Å²) in [5, 5.41) is 0. The van der Waals surface area contributed by atoms with Crippen LogP contribution in [0.15, 0.2) is 22.7 Å². The summed E-state index contributed by atoms with van der Waals surface area (Å²) in [7, 11) is 1.36. The highest BCUT2D eigenvalue weighted by Crippen LogP contribution is 2.41. The average Bonchev–Trinajstić information content (AvgIpc) is 2.16. The zero-order valence-corrected chi connectivity index (χ0v) is 9.85. The smallest absolute Gasteiger partial charge is 0.279 e. The maximum atomic E-state index is 13.7. The first-order valence-electron chi connectivity index (χ1n) is 4.44. The molecule has 0 saturated carbocycles. The SMILES string of the molecule is COc1cccc(Br)c1C(F)(F)CCN. The molecule has 0 aliphatic heterocycles. The van der Waals surface area contributed by atoms with Crippen molar-refractivity contribution in [1.29, 1.82) is 0 Å². The molecule has 1 aromatic carbocycles. The monoisotopic (exact) mass is 279 g/mol. The van der Waals surface area contributed by atoms with Gasteiger partial charge >= 0.3 is 0 Å². The first-order chi connectivity index (χ1) is 7.03. The molecule has 0 heterocycles. The summed E-state index contributed by atoms with van der Waals surface area (Å²) in [5.41, 5.74) is 5.02. The predicted octanol–water partition coefficient (Wildman–Crippen LogP) is 2.90. The van der Waals surface area contributed by atoms with E-state index < -0.39 is 12.3 Å². The van der Waals surface area contributed by atoms with E-state index in [0.717, 1.165) is 0 Å². The van der Waals surface area contributed by atoms with E-state index in [-0.39, 0.29) is 17.9 Å². The fraction of sp³-hybridized carbons (Fsp3) is 0.400. The van der Waals surface area contributed by atoms with E-state index in [1.54, 1.807) is 12.1 Å². The van der Waals surface area contributed by atoms with Gasteiger partial charge in [0, 0.05) is 10.9 Å². The number of hydrogen-bond acceptors (Lipinski definition) is 2. The van der Waals surface area contributed by atoms with Gasteiger partial charge in [0.15, 0.2) is 0 Å². The maximum Gasteiger partial charge on any atom is 0.279 e. The van der Waals surface area contributed by atoms with Crippen LogP contribution in [0.3, 0.4) is 0 Å². The molecule has 0 saturated heterocycles. The molecule has 0 spiro atoms.